The summed E-state index contributed by atoms with van der Waals surface area (Å²) >= 11 is 0. The summed E-state index contributed by atoms with van der Waals surface area (Å²) in [5.41, 5.74) is 12.2. The Morgan fingerprint density at radius 3 is 2.12 bits per heavy atom. The molecular formula is C30H51Cl5N6. The summed E-state index contributed by atoms with van der Waals surface area (Å²) in [6.07, 6.45) is 5.61. The third kappa shape index (κ3) is 10.0. The Kier molecular flexibility index (Phi) is 21.5. The minimum Gasteiger partial charge on any atom is -0.388 e. The predicted molar refractivity (Wildman–Crippen MR) is 191 cm³/mol. The first kappa shape index (κ1) is 42.2. The van der Waals surface area contributed by atoms with E-state index in [2.05, 4.69) is 77.6 Å². The number of rotatable bonds is 13. The normalized spacial score (nSPS) is 20.6. The monoisotopic (exact) mass is 670 g/mol. The van der Waals surface area contributed by atoms with E-state index in [1.165, 1.54) is 40.9 Å². The number of unbranched alkanes of at least 4 members (excludes halogenated alkanes) is 1. The number of nitrogens with two attached hydrogens (primary N) is 1. The lowest BCUT2D eigenvalue weighted by atomic mass is 9.57. The molecule has 0 aromatic heterocycles. The van der Waals surface area contributed by atoms with Gasteiger partial charge in [0.15, 0.2) is 0 Å². The summed E-state index contributed by atoms with van der Waals surface area (Å²) in [6.45, 7) is 10.6. The van der Waals surface area contributed by atoms with Crippen LogP contribution in [0.5, 0.6) is 0 Å². The van der Waals surface area contributed by atoms with Crippen molar-refractivity contribution < 1.29 is 0 Å². The van der Waals surface area contributed by atoms with Crippen molar-refractivity contribution in [3.63, 3.8) is 0 Å². The number of hydrogen-bond donors (Lipinski definition) is 5. The molecule has 0 unspecified atom stereocenters. The van der Waals surface area contributed by atoms with Crippen LogP contribution in [0.2, 0.25) is 0 Å². The fourth-order valence-electron chi connectivity index (χ4n) is 6.27. The number of para-hydroxylation sites is 1. The van der Waals surface area contributed by atoms with Gasteiger partial charge in [-0.05, 0) is 99.6 Å². The minimum atomic E-state index is -0.0442. The third-order valence-corrected chi connectivity index (χ3v) is 7.94. The molecule has 236 valence electrons. The average molecular weight is 673 g/mol. The van der Waals surface area contributed by atoms with Gasteiger partial charge in [0.05, 0.1) is 0 Å². The van der Waals surface area contributed by atoms with Crippen LogP contribution in [0.1, 0.15) is 74.5 Å². The van der Waals surface area contributed by atoms with Crippen molar-refractivity contribution >= 4 is 79.2 Å². The molecule has 2 aromatic rings. The highest BCUT2D eigenvalue weighted by atomic mass is 35.5. The van der Waals surface area contributed by atoms with Gasteiger partial charge in [0.1, 0.15) is 5.84 Å². The Balaban J connectivity index is 0. The fourth-order valence-corrected chi connectivity index (χ4v) is 6.27. The smallest absolute Gasteiger partial charge is 0.108 e. The van der Waals surface area contributed by atoms with E-state index < -0.39 is 0 Å². The zero-order valence-electron chi connectivity index (χ0n) is 24.5. The molecule has 0 radical (unpaired) electrons. The maximum atomic E-state index is 5.53. The average Bonchev–Trinajstić information content (AvgIpc) is 2.88. The molecule has 2 aliphatic rings. The second kappa shape index (κ2) is 20.9. The Morgan fingerprint density at radius 1 is 0.854 bits per heavy atom. The van der Waals surface area contributed by atoms with Crippen molar-refractivity contribution in [2.24, 2.45) is 16.1 Å². The van der Waals surface area contributed by atoms with Crippen LogP contribution >= 0.6 is 62.0 Å². The van der Waals surface area contributed by atoms with Crippen molar-refractivity contribution in [3.8, 4) is 0 Å². The first-order valence-electron chi connectivity index (χ1n) is 13.9. The van der Waals surface area contributed by atoms with E-state index in [4.69, 9.17) is 10.7 Å². The molecular weight excluding hydrogens is 622 g/mol. The largest absolute Gasteiger partial charge is 0.388 e. The molecule has 6 nitrogen and oxygen atoms in total. The van der Waals surface area contributed by atoms with Gasteiger partial charge in [-0.1, -0.05) is 44.2 Å². The van der Waals surface area contributed by atoms with E-state index in [0.717, 1.165) is 64.4 Å². The second-order valence-electron chi connectivity index (χ2n) is 10.7. The van der Waals surface area contributed by atoms with Crippen LogP contribution in [0.3, 0.4) is 0 Å². The van der Waals surface area contributed by atoms with E-state index in [0.29, 0.717) is 11.8 Å². The fraction of sp³-hybridized carbons (Fsp3) is 0.567. The lowest BCUT2D eigenvalue weighted by Gasteiger charge is -2.50. The van der Waals surface area contributed by atoms with E-state index in [-0.39, 0.29) is 67.5 Å². The van der Waals surface area contributed by atoms with Gasteiger partial charge in [-0.25, -0.2) is 0 Å². The molecule has 41 heavy (non-hydrogen) atoms. The van der Waals surface area contributed by atoms with Crippen molar-refractivity contribution in [1.82, 2.24) is 10.6 Å². The first-order valence-corrected chi connectivity index (χ1v) is 13.9. The molecule has 2 aromatic carbocycles. The summed E-state index contributed by atoms with van der Waals surface area (Å²) in [5.74, 6) is 1.93. The molecule has 0 saturated carbocycles. The molecule has 1 aliphatic heterocycles. The molecule has 11 heteroatoms. The molecule has 6 N–H and O–H groups in total. The lowest BCUT2D eigenvalue weighted by molar-refractivity contribution is 0.319. The summed E-state index contributed by atoms with van der Waals surface area (Å²) in [5, 5.41) is 14.2. The Hall–Kier alpha value is -0.960. The number of halogens is 5. The number of hydrogen-bond acceptors (Lipinski definition) is 5. The highest BCUT2D eigenvalue weighted by Crippen LogP contribution is 2.58. The SMILES string of the molecule is CNc1cccc2c1[C@H](C)C[C@]1(C)C(=NCCCNCCCCNCCCN)Nc3ccccc3[C@H]21.Cl.Cl.Cl.Cl.Cl. The Labute approximate surface area is 278 Å². The van der Waals surface area contributed by atoms with E-state index >= 15 is 0 Å². The number of aliphatic imine (C=N–C) groups is 1. The van der Waals surface area contributed by atoms with Gasteiger partial charge >= 0.3 is 0 Å². The highest BCUT2D eigenvalue weighted by molar-refractivity contribution is 6.04. The Morgan fingerprint density at radius 2 is 1.46 bits per heavy atom. The van der Waals surface area contributed by atoms with Crippen LogP contribution in [-0.4, -0.2) is 52.2 Å². The standard InChI is InChI=1S/C30H46N6.5ClH/c1-22-21-30(2)28(24-12-8-14-26(32-3)27(22)24)23-11-4-5-13-25(23)36-29(30)35-20-10-19-34-17-7-6-16-33-18-9-15-31;;;;;/h4-5,8,11-14,22,28,32-34H,6-7,9-10,15-21,31H2,1-3H3,(H,35,36);5*1H/t22-,28-,30+;;;;;/m1...../s1. The van der Waals surface area contributed by atoms with E-state index in [9.17, 15) is 0 Å². The van der Waals surface area contributed by atoms with Crippen LogP contribution in [0, 0.1) is 5.41 Å². The number of amidine groups is 1. The molecule has 0 saturated heterocycles. The zero-order chi connectivity index (χ0) is 25.4. The summed E-state index contributed by atoms with van der Waals surface area (Å²) in [6, 6.07) is 15.6. The number of nitrogens with zero attached hydrogens (tertiary/aromatic N) is 1. The van der Waals surface area contributed by atoms with Crippen LogP contribution in [0.25, 0.3) is 0 Å². The van der Waals surface area contributed by atoms with Crippen molar-refractivity contribution in [1.29, 1.82) is 0 Å². The van der Waals surface area contributed by atoms with Gasteiger partial charge in [0.25, 0.3) is 0 Å². The van der Waals surface area contributed by atoms with Gasteiger partial charge in [0.2, 0.25) is 0 Å². The number of benzene rings is 2. The van der Waals surface area contributed by atoms with Crippen LogP contribution in [-0.2, 0) is 0 Å². The molecule has 0 fully saturated rings. The second-order valence-corrected chi connectivity index (χ2v) is 10.7. The minimum absolute atomic E-state index is 0. The van der Waals surface area contributed by atoms with Gasteiger partial charge in [-0.15, -0.1) is 62.0 Å². The number of fused-ring (bicyclic) bond motifs is 5. The predicted octanol–water partition coefficient (Wildman–Crippen LogP) is 7.01. The summed E-state index contributed by atoms with van der Waals surface area (Å²) in [4.78, 5) is 5.19. The molecule has 0 amide bonds. The third-order valence-electron chi connectivity index (χ3n) is 7.94. The summed E-state index contributed by atoms with van der Waals surface area (Å²) in [7, 11) is 2.04. The van der Waals surface area contributed by atoms with Gasteiger partial charge in [-0.2, -0.15) is 0 Å². The quantitative estimate of drug-likeness (QED) is 0.148. The van der Waals surface area contributed by atoms with Crippen molar-refractivity contribution in [3.05, 3.63) is 59.2 Å². The highest BCUT2D eigenvalue weighted by Gasteiger charge is 2.50. The maximum Gasteiger partial charge on any atom is 0.108 e. The van der Waals surface area contributed by atoms with Gasteiger partial charge in [-0.3, -0.25) is 4.99 Å². The van der Waals surface area contributed by atoms with E-state index in [1.807, 2.05) is 7.05 Å². The summed E-state index contributed by atoms with van der Waals surface area (Å²) < 4.78 is 0. The Bertz CT molecular complexity index is 1040. The molecule has 1 aliphatic carbocycles. The van der Waals surface area contributed by atoms with Gasteiger partial charge < -0.3 is 27.0 Å². The van der Waals surface area contributed by atoms with Gasteiger partial charge in [0, 0.05) is 36.3 Å². The molecule has 0 spiro atoms. The lowest BCUT2D eigenvalue weighted by Crippen LogP contribution is -2.47. The zero-order valence-corrected chi connectivity index (χ0v) is 28.6. The topological polar surface area (TPSA) is 86.5 Å². The van der Waals surface area contributed by atoms with Crippen LogP contribution in [0.15, 0.2) is 47.5 Å². The van der Waals surface area contributed by atoms with Crippen LogP contribution in [0.4, 0.5) is 11.4 Å². The first-order chi connectivity index (χ1) is 17.6. The van der Waals surface area contributed by atoms with E-state index in [1.54, 1.807) is 0 Å². The molecule has 3 atom stereocenters. The number of anilines is 2. The van der Waals surface area contributed by atoms with Crippen molar-refractivity contribution in [2.75, 3.05) is 56.9 Å². The van der Waals surface area contributed by atoms with Crippen molar-refractivity contribution in [2.45, 2.75) is 57.8 Å². The van der Waals surface area contributed by atoms with Crippen LogP contribution < -0.4 is 27.0 Å². The molecule has 1 heterocycles. The maximum absolute atomic E-state index is 5.53. The molecule has 4 rings (SSSR count). The number of nitrogens with one attached hydrogen (secondary N) is 4. The molecule has 0 bridgehead atoms.